The van der Waals surface area contributed by atoms with E-state index >= 15 is 0 Å². The molecule has 3 nitrogen and oxygen atoms in total. The summed E-state index contributed by atoms with van der Waals surface area (Å²) in [6.45, 7) is 0.879. The highest BCUT2D eigenvalue weighted by Crippen LogP contribution is 2.09. The predicted molar refractivity (Wildman–Crippen MR) is 84.7 cm³/mol. The molecule has 0 amide bonds. The first-order chi connectivity index (χ1) is 10.7. The highest BCUT2D eigenvalue weighted by atomic mass is 19.1. The summed E-state index contributed by atoms with van der Waals surface area (Å²) in [5.41, 5.74) is 1.49. The van der Waals surface area contributed by atoms with Crippen LogP contribution in [-0.2, 0) is 13.0 Å². The van der Waals surface area contributed by atoms with Crippen molar-refractivity contribution in [3.63, 3.8) is 0 Å². The summed E-state index contributed by atoms with van der Waals surface area (Å²) < 4.78 is 26.6. The van der Waals surface area contributed by atoms with E-state index < -0.39 is 11.6 Å². The number of aliphatic imine (C=N–C) groups is 1. The van der Waals surface area contributed by atoms with Gasteiger partial charge in [-0.3, -0.25) is 4.99 Å². The van der Waals surface area contributed by atoms with Crippen LogP contribution < -0.4 is 10.6 Å². The number of nitrogens with zero attached hydrogens (tertiary/aromatic N) is 1. The fourth-order valence-electron chi connectivity index (χ4n) is 2.05. The van der Waals surface area contributed by atoms with Gasteiger partial charge in [-0.25, -0.2) is 8.78 Å². The molecule has 22 heavy (non-hydrogen) atoms. The third kappa shape index (κ3) is 4.84. The van der Waals surface area contributed by atoms with Crippen LogP contribution in [0.2, 0.25) is 0 Å². The van der Waals surface area contributed by atoms with Crippen molar-refractivity contribution < 1.29 is 8.78 Å². The van der Waals surface area contributed by atoms with Gasteiger partial charge in [0.1, 0.15) is 11.6 Å². The van der Waals surface area contributed by atoms with Crippen LogP contribution in [0.1, 0.15) is 11.1 Å². The van der Waals surface area contributed by atoms with Gasteiger partial charge < -0.3 is 10.6 Å². The minimum atomic E-state index is -0.453. The molecule has 0 aromatic heterocycles. The Morgan fingerprint density at radius 2 is 1.82 bits per heavy atom. The van der Waals surface area contributed by atoms with Crippen LogP contribution in [0.15, 0.2) is 53.5 Å². The average molecular weight is 303 g/mol. The van der Waals surface area contributed by atoms with E-state index in [2.05, 4.69) is 27.8 Å². The maximum absolute atomic E-state index is 13.5. The average Bonchev–Trinajstić information content (AvgIpc) is 2.54. The van der Waals surface area contributed by atoms with Gasteiger partial charge in [0.05, 0.1) is 0 Å². The normalized spacial score (nSPS) is 11.3. The Kier molecular flexibility index (Phi) is 5.89. The maximum atomic E-state index is 13.5. The van der Waals surface area contributed by atoms with Crippen molar-refractivity contribution in [2.45, 2.75) is 13.0 Å². The van der Waals surface area contributed by atoms with E-state index in [9.17, 15) is 8.78 Å². The predicted octanol–water partition coefficient (Wildman–Crippen LogP) is 2.87. The smallest absolute Gasteiger partial charge is 0.191 e. The number of rotatable bonds is 5. The summed E-state index contributed by atoms with van der Waals surface area (Å²) in [5, 5.41) is 6.12. The van der Waals surface area contributed by atoms with E-state index in [1.807, 2.05) is 18.2 Å². The van der Waals surface area contributed by atoms with Crippen LogP contribution in [0, 0.1) is 11.6 Å². The van der Waals surface area contributed by atoms with Crippen molar-refractivity contribution >= 4 is 5.96 Å². The van der Waals surface area contributed by atoms with Crippen LogP contribution in [0.4, 0.5) is 8.78 Å². The van der Waals surface area contributed by atoms with Crippen molar-refractivity contribution in [1.82, 2.24) is 10.6 Å². The van der Waals surface area contributed by atoms with Crippen LogP contribution in [0.3, 0.4) is 0 Å². The molecule has 2 rings (SSSR count). The van der Waals surface area contributed by atoms with Gasteiger partial charge in [-0.05, 0) is 30.2 Å². The van der Waals surface area contributed by atoms with Crippen molar-refractivity contribution in [3.8, 4) is 0 Å². The standard InChI is InChI=1S/C17H19F2N3/c1-20-17(21-10-9-13-5-3-2-4-6-13)22-12-14-11-15(18)7-8-16(14)19/h2-8,11H,9-10,12H2,1H3,(H2,20,21,22). The SMILES string of the molecule is CN=C(NCCc1ccccc1)NCc1cc(F)ccc1F. The van der Waals surface area contributed by atoms with Gasteiger partial charge in [0.25, 0.3) is 0 Å². The van der Waals surface area contributed by atoms with Crippen LogP contribution >= 0.6 is 0 Å². The number of hydrogen-bond acceptors (Lipinski definition) is 1. The first kappa shape index (κ1) is 15.9. The molecule has 0 aliphatic rings. The molecule has 2 aromatic carbocycles. The van der Waals surface area contributed by atoms with Gasteiger partial charge in [0, 0.05) is 25.7 Å². The summed E-state index contributed by atoms with van der Waals surface area (Å²) >= 11 is 0. The summed E-state index contributed by atoms with van der Waals surface area (Å²) in [5.74, 6) is -0.335. The summed E-state index contributed by atoms with van der Waals surface area (Å²) in [6, 6.07) is 13.5. The van der Waals surface area contributed by atoms with Crippen molar-refractivity contribution in [3.05, 3.63) is 71.3 Å². The lowest BCUT2D eigenvalue weighted by atomic mass is 10.1. The molecule has 0 saturated heterocycles. The molecule has 5 heteroatoms. The molecule has 0 fully saturated rings. The zero-order valence-corrected chi connectivity index (χ0v) is 12.4. The molecule has 0 radical (unpaired) electrons. The van der Waals surface area contributed by atoms with E-state index in [1.165, 1.54) is 11.6 Å². The van der Waals surface area contributed by atoms with Gasteiger partial charge in [-0.1, -0.05) is 30.3 Å². The largest absolute Gasteiger partial charge is 0.356 e. The summed E-state index contributed by atoms with van der Waals surface area (Å²) in [4.78, 5) is 4.06. The van der Waals surface area contributed by atoms with Crippen molar-refractivity contribution in [2.24, 2.45) is 4.99 Å². The van der Waals surface area contributed by atoms with Crippen molar-refractivity contribution in [2.75, 3.05) is 13.6 Å². The van der Waals surface area contributed by atoms with E-state index in [0.717, 1.165) is 18.6 Å². The minimum absolute atomic E-state index is 0.175. The van der Waals surface area contributed by atoms with Gasteiger partial charge >= 0.3 is 0 Å². The molecular weight excluding hydrogens is 284 g/mol. The zero-order valence-electron chi connectivity index (χ0n) is 12.4. The molecule has 2 aromatic rings. The Hall–Kier alpha value is -2.43. The highest BCUT2D eigenvalue weighted by Gasteiger charge is 2.05. The maximum Gasteiger partial charge on any atom is 0.191 e. The van der Waals surface area contributed by atoms with Crippen LogP contribution in [-0.4, -0.2) is 19.6 Å². The lowest BCUT2D eigenvalue weighted by Gasteiger charge is -2.12. The van der Waals surface area contributed by atoms with Crippen molar-refractivity contribution in [1.29, 1.82) is 0 Å². The Morgan fingerprint density at radius 1 is 1.05 bits per heavy atom. The van der Waals surface area contributed by atoms with E-state index in [-0.39, 0.29) is 12.1 Å². The second-order valence-corrected chi connectivity index (χ2v) is 4.82. The molecule has 0 heterocycles. The minimum Gasteiger partial charge on any atom is -0.356 e. The topological polar surface area (TPSA) is 36.4 Å². The fraction of sp³-hybridized carbons (Fsp3) is 0.235. The monoisotopic (exact) mass is 303 g/mol. The number of hydrogen-bond donors (Lipinski definition) is 2. The quantitative estimate of drug-likeness (QED) is 0.658. The Bertz CT molecular complexity index is 627. The number of halogens is 2. The lowest BCUT2D eigenvalue weighted by Crippen LogP contribution is -2.38. The Labute approximate surface area is 129 Å². The van der Waals surface area contributed by atoms with E-state index in [0.29, 0.717) is 12.5 Å². The second-order valence-electron chi connectivity index (χ2n) is 4.82. The molecule has 0 saturated carbocycles. The molecule has 0 bridgehead atoms. The van der Waals surface area contributed by atoms with E-state index in [1.54, 1.807) is 7.05 Å². The molecule has 0 atom stereocenters. The molecule has 116 valence electrons. The fourth-order valence-corrected chi connectivity index (χ4v) is 2.05. The van der Waals surface area contributed by atoms with E-state index in [4.69, 9.17) is 0 Å². The lowest BCUT2D eigenvalue weighted by molar-refractivity contribution is 0.581. The van der Waals surface area contributed by atoms with Gasteiger partial charge in [0.15, 0.2) is 5.96 Å². The zero-order chi connectivity index (χ0) is 15.8. The van der Waals surface area contributed by atoms with Gasteiger partial charge in [-0.15, -0.1) is 0 Å². The molecule has 2 N–H and O–H groups in total. The number of guanidine groups is 1. The second kappa shape index (κ2) is 8.12. The summed E-state index contributed by atoms with van der Waals surface area (Å²) in [7, 11) is 1.64. The molecule has 0 unspecified atom stereocenters. The molecule has 0 aliphatic heterocycles. The summed E-state index contributed by atoms with van der Waals surface area (Å²) in [6.07, 6.45) is 0.857. The molecule has 0 aliphatic carbocycles. The third-order valence-electron chi connectivity index (χ3n) is 3.23. The Morgan fingerprint density at radius 3 is 2.55 bits per heavy atom. The van der Waals surface area contributed by atoms with Crippen LogP contribution in [0.5, 0.6) is 0 Å². The van der Waals surface area contributed by atoms with Gasteiger partial charge in [-0.2, -0.15) is 0 Å². The van der Waals surface area contributed by atoms with Crippen LogP contribution in [0.25, 0.3) is 0 Å². The third-order valence-corrected chi connectivity index (χ3v) is 3.23. The molecular formula is C17H19F2N3. The number of benzene rings is 2. The Balaban J connectivity index is 1.81. The van der Waals surface area contributed by atoms with Gasteiger partial charge in [0.2, 0.25) is 0 Å². The number of nitrogens with one attached hydrogen (secondary N) is 2. The first-order valence-electron chi connectivity index (χ1n) is 7.11. The first-order valence-corrected chi connectivity index (χ1v) is 7.11. The molecule has 0 spiro atoms. The highest BCUT2D eigenvalue weighted by molar-refractivity contribution is 5.79.